The first kappa shape index (κ1) is 22.3. The number of hydrogen-bond acceptors (Lipinski definition) is 3. The van der Waals surface area contributed by atoms with Gasteiger partial charge in [0.05, 0.1) is 6.04 Å². The fourth-order valence-electron chi connectivity index (χ4n) is 4.49. The molecular formula is C24H18Cl3N3O2S. The Morgan fingerprint density at radius 2 is 1.61 bits per heavy atom. The molecule has 9 heteroatoms. The SMILES string of the molecule is C[C@@]12Oc3ccc(Cl)cc3[C@H](NC(=S)N1c1ccc(Cl)cc1)[C@@H]2C(=O)Nc1ccc(Cl)cc1. The van der Waals surface area contributed by atoms with Crippen LogP contribution in [0.1, 0.15) is 18.5 Å². The van der Waals surface area contributed by atoms with Crippen LogP contribution in [0.5, 0.6) is 5.75 Å². The molecule has 0 unspecified atom stereocenters. The molecule has 33 heavy (non-hydrogen) atoms. The van der Waals surface area contributed by atoms with E-state index >= 15 is 0 Å². The van der Waals surface area contributed by atoms with E-state index in [-0.39, 0.29) is 5.91 Å². The number of thiocarbonyl (C=S) groups is 1. The molecule has 5 rings (SSSR count). The average Bonchev–Trinajstić information content (AvgIpc) is 2.77. The van der Waals surface area contributed by atoms with Crippen molar-refractivity contribution in [1.82, 2.24) is 5.32 Å². The summed E-state index contributed by atoms with van der Waals surface area (Å²) in [4.78, 5) is 15.5. The van der Waals surface area contributed by atoms with E-state index in [1.54, 1.807) is 48.5 Å². The number of ether oxygens (including phenoxy) is 1. The van der Waals surface area contributed by atoms with Crippen LogP contribution in [0.2, 0.25) is 15.1 Å². The molecule has 2 aliphatic rings. The maximum Gasteiger partial charge on any atom is 0.236 e. The summed E-state index contributed by atoms with van der Waals surface area (Å²) in [6.07, 6.45) is 0. The summed E-state index contributed by atoms with van der Waals surface area (Å²) < 4.78 is 6.53. The molecule has 0 aliphatic carbocycles. The molecule has 3 aromatic rings. The highest BCUT2D eigenvalue weighted by Gasteiger charge is 2.59. The number of halogens is 3. The molecule has 2 bridgehead atoms. The Morgan fingerprint density at radius 1 is 1.00 bits per heavy atom. The lowest BCUT2D eigenvalue weighted by atomic mass is 9.78. The van der Waals surface area contributed by atoms with Gasteiger partial charge in [-0.3, -0.25) is 9.69 Å². The normalized spacial score (nSPS) is 23.3. The van der Waals surface area contributed by atoms with Crippen molar-refractivity contribution in [2.75, 3.05) is 10.2 Å². The fraction of sp³-hybridized carbons (Fsp3) is 0.167. The molecule has 0 saturated carbocycles. The molecule has 3 atom stereocenters. The summed E-state index contributed by atoms with van der Waals surface area (Å²) in [5, 5.41) is 8.51. The van der Waals surface area contributed by atoms with E-state index in [2.05, 4.69) is 10.6 Å². The van der Waals surface area contributed by atoms with Crippen LogP contribution in [-0.2, 0) is 4.79 Å². The summed E-state index contributed by atoms with van der Waals surface area (Å²) in [5.41, 5.74) is 1.02. The summed E-state index contributed by atoms with van der Waals surface area (Å²) in [5.74, 6) is -0.276. The highest BCUT2D eigenvalue weighted by molar-refractivity contribution is 7.80. The van der Waals surface area contributed by atoms with Crippen molar-refractivity contribution in [3.63, 3.8) is 0 Å². The van der Waals surface area contributed by atoms with Crippen LogP contribution in [0.15, 0.2) is 66.7 Å². The molecule has 0 radical (unpaired) electrons. The van der Waals surface area contributed by atoms with Crippen LogP contribution in [0.25, 0.3) is 0 Å². The summed E-state index contributed by atoms with van der Waals surface area (Å²) >= 11 is 24.1. The Kier molecular flexibility index (Phi) is 5.65. The van der Waals surface area contributed by atoms with Gasteiger partial charge in [-0.1, -0.05) is 34.8 Å². The van der Waals surface area contributed by atoms with Crippen LogP contribution in [-0.4, -0.2) is 16.7 Å². The molecule has 2 N–H and O–H groups in total. The van der Waals surface area contributed by atoms with E-state index < -0.39 is 17.7 Å². The predicted octanol–water partition coefficient (Wildman–Crippen LogP) is 6.45. The molecular weight excluding hydrogens is 501 g/mol. The third-order valence-electron chi connectivity index (χ3n) is 5.94. The predicted molar refractivity (Wildman–Crippen MR) is 136 cm³/mol. The molecule has 0 spiro atoms. The summed E-state index contributed by atoms with van der Waals surface area (Å²) in [6, 6.07) is 19.1. The lowest BCUT2D eigenvalue weighted by Crippen LogP contribution is -2.72. The van der Waals surface area contributed by atoms with Crippen molar-refractivity contribution in [3.05, 3.63) is 87.4 Å². The van der Waals surface area contributed by atoms with Gasteiger partial charge in [0.1, 0.15) is 11.7 Å². The minimum atomic E-state index is -1.13. The fourth-order valence-corrected chi connectivity index (χ4v) is 5.33. The number of anilines is 2. The number of benzene rings is 3. The summed E-state index contributed by atoms with van der Waals surface area (Å²) in [6.45, 7) is 1.87. The number of carbonyl (C=O) groups excluding carboxylic acids is 1. The van der Waals surface area contributed by atoms with Gasteiger partial charge in [-0.15, -0.1) is 0 Å². The van der Waals surface area contributed by atoms with Gasteiger partial charge in [0.25, 0.3) is 0 Å². The monoisotopic (exact) mass is 517 g/mol. The first-order valence-electron chi connectivity index (χ1n) is 10.2. The number of fused-ring (bicyclic) bond motifs is 4. The molecule has 168 valence electrons. The number of carbonyl (C=O) groups is 1. The van der Waals surface area contributed by atoms with E-state index in [0.717, 1.165) is 11.3 Å². The van der Waals surface area contributed by atoms with Gasteiger partial charge < -0.3 is 15.4 Å². The minimum absolute atomic E-state index is 0.232. The van der Waals surface area contributed by atoms with Crippen molar-refractivity contribution in [2.24, 2.45) is 5.92 Å². The maximum absolute atomic E-state index is 13.7. The Labute approximate surface area is 211 Å². The van der Waals surface area contributed by atoms with E-state index in [0.29, 0.717) is 31.6 Å². The van der Waals surface area contributed by atoms with Gasteiger partial charge >= 0.3 is 0 Å². The number of nitrogens with zero attached hydrogens (tertiary/aromatic N) is 1. The lowest BCUT2D eigenvalue weighted by molar-refractivity contribution is -0.130. The van der Waals surface area contributed by atoms with Crippen molar-refractivity contribution in [1.29, 1.82) is 0 Å². The zero-order valence-corrected chi connectivity index (χ0v) is 20.4. The molecule has 2 heterocycles. The third-order valence-corrected chi connectivity index (χ3v) is 6.98. The van der Waals surface area contributed by atoms with Crippen LogP contribution < -0.4 is 20.3 Å². The molecule has 1 amide bonds. The number of amides is 1. The van der Waals surface area contributed by atoms with Gasteiger partial charge in [0, 0.05) is 32.0 Å². The van der Waals surface area contributed by atoms with Crippen molar-refractivity contribution >= 4 is 69.4 Å². The van der Waals surface area contributed by atoms with E-state index in [9.17, 15) is 4.79 Å². The molecule has 5 nitrogen and oxygen atoms in total. The van der Waals surface area contributed by atoms with E-state index in [1.165, 1.54) is 0 Å². The Morgan fingerprint density at radius 3 is 2.27 bits per heavy atom. The number of rotatable bonds is 3. The first-order chi connectivity index (χ1) is 15.8. The quantitative estimate of drug-likeness (QED) is 0.391. The second-order valence-corrected chi connectivity index (χ2v) is 9.75. The van der Waals surface area contributed by atoms with Crippen LogP contribution >= 0.6 is 47.0 Å². The molecule has 2 aliphatic heterocycles. The second kappa shape index (κ2) is 8.37. The van der Waals surface area contributed by atoms with Crippen LogP contribution in [0, 0.1) is 5.92 Å². The zero-order valence-electron chi connectivity index (χ0n) is 17.3. The van der Waals surface area contributed by atoms with Gasteiger partial charge in [-0.25, -0.2) is 0 Å². The number of nitrogens with one attached hydrogen (secondary N) is 2. The standard InChI is InChI=1S/C24H18Cl3N3O2S/c1-24-20(22(31)28-16-7-2-13(25)3-8-16)21(18-12-15(27)6-11-19(18)32-24)29-23(33)30(24)17-9-4-14(26)5-10-17/h2-12,20-21H,1H3,(H,28,31)(H,29,33)/t20-,21+,24+/m1/s1. The van der Waals surface area contributed by atoms with E-state index in [1.807, 2.05) is 30.0 Å². The third kappa shape index (κ3) is 3.91. The molecule has 3 aromatic carbocycles. The lowest BCUT2D eigenvalue weighted by Gasteiger charge is -2.56. The largest absolute Gasteiger partial charge is 0.467 e. The van der Waals surface area contributed by atoms with E-state index in [4.69, 9.17) is 51.8 Å². The second-order valence-electron chi connectivity index (χ2n) is 8.05. The van der Waals surface area contributed by atoms with Crippen LogP contribution in [0.3, 0.4) is 0 Å². The van der Waals surface area contributed by atoms with Gasteiger partial charge in [0.2, 0.25) is 5.91 Å². The summed E-state index contributed by atoms with van der Waals surface area (Å²) in [7, 11) is 0. The number of hydrogen-bond donors (Lipinski definition) is 2. The molecule has 1 fully saturated rings. The average molecular weight is 519 g/mol. The Balaban J connectivity index is 1.62. The molecule has 1 saturated heterocycles. The topological polar surface area (TPSA) is 53.6 Å². The van der Waals surface area contributed by atoms with Gasteiger partial charge in [0.15, 0.2) is 10.8 Å². The maximum atomic E-state index is 13.7. The smallest absolute Gasteiger partial charge is 0.236 e. The zero-order chi connectivity index (χ0) is 23.3. The highest BCUT2D eigenvalue weighted by atomic mass is 35.5. The van der Waals surface area contributed by atoms with Crippen molar-refractivity contribution in [2.45, 2.75) is 18.7 Å². The first-order valence-corrected chi connectivity index (χ1v) is 11.7. The van der Waals surface area contributed by atoms with Crippen molar-refractivity contribution < 1.29 is 9.53 Å². The van der Waals surface area contributed by atoms with Gasteiger partial charge in [-0.05, 0) is 85.9 Å². The molecule has 0 aromatic heterocycles. The minimum Gasteiger partial charge on any atom is -0.467 e. The van der Waals surface area contributed by atoms with Crippen LogP contribution in [0.4, 0.5) is 11.4 Å². The highest BCUT2D eigenvalue weighted by Crippen LogP contribution is 2.50. The Hall–Kier alpha value is -2.51. The van der Waals surface area contributed by atoms with Gasteiger partial charge in [-0.2, -0.15) is 0 Å². The Bertz CT molecular complexity index is 1250. The van der Waals surface area contributed by atoms with Crippen molar-refractivity contribution in [3.8, 4) is 5.75 Å².